The van der Waals surface area contributed by atoms with Crippen LogP contribution in [0, 0.1) is 5.21 Å². The number of carbonyl (C=O) groups is 1. The second kappa shape index (κ2) is 8.34. The minimum atomic E-state index is -1.06. The number of rotatable bonds is 7. The Hall–Kier alpha value is -1.77. The molecule has 18 heavy (non-hydrogen) atoms. The molecule has 1 unspecified atom stereocenters. The SMILES string of the molecule is CC(C)OC(=O)OC(C)ON=[N+]([O-])N(C)CCO. The standard InChI is InChI=1S/C9H19N3O6/c1-7(2)16-9(14)17-8(3)18-10-12(15)11(4)5-6-13/h7-8,13H,5-6H2,1-4H3. The van der Waals surface area contributed by atoms with Gasteiger partial charge in [-0.3, -0.25) is 4.84 Å². The molecule has 0 spiro atoms. The third kappa shape index (κ3) is 7.49. The van der Waals surface area contributed by atoms with Gasteiger partial charge in [-0.25, -0.2) is 4.79 Å². The fourth-order valence-electron chi connectivity index (χ4n) is 0.777. The lowest BCUT2D eigenvalue weighted by molar-refractivity contribution is -0.707. The molecule has 0 rings (SSSR count). The van der Waals surface area contributed by atoms with E-state index in [9.17, 15) is 10.0 Å². The normalized spacial score (nSPS) is 13.1. The summed E-state index contributed by atoms with van der Waals surface area (Å²) < 4.78 is 9.34. The summed E-state index contributed by atoms with van der Waals surface area (Å²) in [4.78, 5) is 15.8. The molecule has 0 heterocycles. The fraction of sp³-hybridized carbons (Fsp3) is 0.889. The third-order valence-electron chi connectivity index (χ3n) is 1.58. The highest BCUT2D eigenvalue weighted by Gasteiger charge is 2.14. The van der Waals surface area contributed by atoms with E-state index < -0.39 is 12.4 Å². The van der Waals surface area contributed by atoms with Crippen LogP contribution in [-0.2, 0) is 14.3 Å². The van der Waals surface area contributed by atoms with Crippen molar-refractivity contribution in [2.45, 2.75) is 33.2 Å². The number of aliphatic hydroxyl groups excluding tert-OH is 1. The van der Waals surface area contributed by atoms with E-state index in [1.165, 1.54) is 14.0 Å². The number of aliphatic hydroxyl groups is 1. The van der Waals surface area contributed by atoms with Gasteiger partial charge < -0.3 is 19.8 Å². The largest absolute Gasteiger partial charge is 0.569 e. The Labute approximate surface area is 105 Å². The van der Waals surface area contributed by atoms with Gasteiger partial charge in [0.15, 0.2) is 0 Å². The monoisotopic (exact) mass is 265 g/mol. The molecule has 0 bridgehead atoms. The number of nitrogens with zero attached hydrogens (tertiary/aromatic N) is 3. The molecule has 0 amide bonds. The molecule has 9 heteroatoms. The Morgan fingerprint density at radius 3 is 2.56 bits per heavy atom. The van der Waals surface area contributed by atoms with Crippen LogP contribution in [0.3, 0.4) is 0 Å². The van der Waals surface area contributed by atoms with Crippen molar-refractivity contribution in [3.05, 3.63) is 5.21 Å². The van der Waals surface area contributed by atoms with Gasteiger partial charge in [0.25, 0.3) is 6.29 Å². The number of ether oxygens (including phenoxy) is 2. The highest BCUT2D eigenvalue weighted by atomic mass is 16.8. The molecule has 0 aromatic heterocycles. The van der Waals surface area contributed by atoms with Crippen molar-refractivity contribution in [2.75, 3.05) is 20.2 Å². The quantitative estimate of drug-likeness (QED) is 0.236. The number of likely N-dealkylation sites (N-methyl/N-ethyl adjacent to an activating group) is 1. The van der Waals surface area contributed by atoms with Crippen LogP contribution in [-0.4, -0.2) is 53.8 Å². The molecule has 0 saturated carbocycles. The first kappa shape index (κ1) is 16.2. The second-order valence-electron chi connectivity index (χ2n) is 3.65. The minimum absolute atomic E-state index is 0.0982. The summed E-state index contributed by atoms with van der Waals surface area (Å²) in [5.41, 5.74) is 0. The van der Waals surface area contributed by atoms with Crippen molar-refractivity contribution >= 4 is 6.16 Å². The smallest absolute Gasteiger partial charge is 0.511 e. The van der Waals surface area contributed by atoms with Crippen molar-refractivity contribution in [2.24, 2.45) is 5.28 Å². The number of hydrogen-bond donors (Lipinski definition) is 1. The van der Waals surface area contributed by atoms with Crippen molar-refractivity contribution < 1.29 is 29.2 Å². The average Bonchev–Trinajstić information content (AvgIpc) is 2.24. The minimum Gasteiger partial charge on any atom is -0.569 e. The summed E-state index contributed by atoms with van der Waals surface area (Å²) in [5, 5.41) is 24.0. The Kier molecular flexibility index (Phi) is 7.52. The van der Waals surface area contributed by atoms with Crippen LogP contribution < -0.4 is 0 Å². The lowest BCUT2D eigenvalue weighted by Crippen LogP contribution is -2.30. The van der Waals surface area contributed by atoms with E-state index in [1.807, 2.05) is 0 Å². The first-order valence-corrected chi connectivity index (χ1v) is 5.40. The maximum Gasteiger partial charge on any atom is 0.511 e. The summed E-state index contributed by atoms with van der Waals surface area (Å²) >= 11 is 0. The van der Waals surface area contributed by atoms with Gasteiger partial charge in [0.05, 0.1) is 31.3 Å². The lowest BCUT2D eigenvalue weighted by Gasteiger charge is -2.13. The molecular formula is C9H19N3O6. The van der Waals surface area contributed by atoms with Crippen molar-refractivity contribution in [3.8, 4) is 0 Å². The first-order chi connectivity index (χ1) is 8.36. The Bertz CT molecular complexity index is 283. The molecule has 1 N–H and O–H groups in total. The van der Waals surface area contributed by atoms with Gasteiger partial charge in [-0.1, -0.05) is 0 Å². The van der Waals surface area contributed by atoms with E-state index in [2.05, 4.69) is 14.9 Å². The molecule has 0 fully saturated rings. The molecule has 0 aliphatic carbocycles. The van der Waals surface area contributed by atoms with Gasteiger partial charge in [0.2, 0.25) is 5.28 Å². The van der Waals surface area contributed by atoms with Gasteiger partial charge in [0.1, 0.15) is 0 Å². The topological polar surface area (TPSA) is 107 Å². The number of hydrogen-bond acceptors (Lipinski definition) is 7. The Morgan fingerprint density at radius 1 is 1.44 bits per heavy atom. The van der Waals surface area contributed by atoms with Gasteiger partial charge in [0, 0.05) is 6.92 Å². The van der Waals surface area contributed by atoms with Crippen LogP contribution in [0.2, 0.25) is 0 Å². The zero-order valence-electron chi connectivity index (χ0n) is 10.9. The number of carbonyl (C=O) groups excluding carboxylic acids is 1. The van der Waals surface area contributed by atoms with Gasteiger partial charge in [-0.15, -0.1) is 5.01 Å². The maximum absolute atomic E-state index is 11.2. The van der Waals surface area contributed by atoms with E-state index in [1.54, 1.807) is 13.8 Å². The van der Waals surface area contributed by atoms with Crippen molar-refractivity contribution in [1.82, 2.24) is 5.01 Å². The van der Waals surface area contributed by atoms with E-state index in [4.69, 9.17) is 9.84 Å². The second-order valence-corrected chi connectivity index (χ2v) is 3.65. The molecule has 0 aliphatic heterocycles. The van der Waals surface area contributed by atoms with Gasteiger partial charge in [-0.05, 0) is 13.8 Å². The molecule has 9 nitrogen and oxygen atoms in total. The molecule has 0 aliphatic rings. The van der Waals surface area contributed by atoms with Crippen LogP contribution in [0.4, 0.5) is 4.79 Å². The zero-order chi connectivity index (χ0) is 14.1. The van der Waals surface area contributed by atoms with Crippen molar-refractivity contribution in [1.29, 1.82) is 0 Å². The van der Waals surface area contributed by atoms with E-state index in [0.29, 0.717) is 0 Å². The molecule has 106 valence electrons. The lowest BCUT2D eigenvalue weighted by atomic mass is 10.5. The molecule has 0 saturated heterocycles. The molecule has 0 radical (unpaired) electrons. The molecule has 1 atom stereocenters. The molecule has 0 aromatic carbocycles. The fourth-order valence-corrected chi connectivity index (χ4v) is 0.777. The zero-order valence-corrected chi connectivity index (χ0v) is 10.9. The van der Waals surface area contributed by atoms with Crippen LogP contribution in [0.15, 0.2) is 5.28 Å². The van der Waals surface area contributed by atoms with Crippen LogP contribution in [0.25, 0.3) is 0 Å². The van der Waals surface area contributed by atoms with Gasteiger partial charge in [-0.2, -0.15) is 0 Å². The van der Waals surface area contributed by atoms with Crippen molar-refractivity contribution in [3.63, 3.8) is 0 Å². The summed E-state index contributed by atoms with van der Waals surface area (Å²) in [6.07, 6.45) is -2.28. The average molecular weight is 265 g/mol. The van der Waals surface area contributed by atoms with E-state index in [-0.39, 0.29) is 24.2 Å². The maximum atomic E-state index is 11.2. The third-order valence-corrected chi connectivity index (χ3v) is 1.58. The highest BCUT2D eigenvalue weighted by Crippen LogP contribution is 2.00. The Balaban J connectivity index is 4.04. The highest BCUT2D eigenvalue weighted by molar-refractivity contribution is 5.60. The predicted molar refractivity (Wildman–Crippen MR) is 59.0 cm³/mol. The Morgan fingerprint density at radius 2 is 2.06 bits per heavy atom. The summed E-state index contributed by atoms with van der Waals surface area (Å²) in [6, 6.07) is 0. The first-order valence-electron chi connectivity index (χ1n) is 5.40. The summed E-state index contributed by atoms with van der Waals surface area (Å²) in [6.45, 7) is 4.62. The molecular weight excluding hydrogens is 246 g/mol. The van der Waals surface area contributed by atoms with Crippen LogP contribution in [0.1, 0.15) is 20.8 Å². The van der Waals surface area contributed by atoms with E-state index >= 15 is 0 Å². The summed E-state index contributed by atoms with van der Waals surface area (Å²) in [7, 11) is 1.41. The number of hydrazine groups is 1. The van der Waals surface area contributed by atoms with Crippen LogP contribution in [0.5, 0.6) is 0 Å². The molecule has 0 aromatic rings. The van der Waals surface area contributed by atoms with Crippen LogP contribution >= 0.6 is 0 Å². The van der Waals surface area contributed by atoms with Gasteiger partial charge >= 0.3 is 6.16 Å². The predicted octanol–water partition coefficient (Wildman–Crippen LogP) is 0.627. The summed E-state index contributed by atoms with van der Waals surface area (Å²) in [5.74, 6) is 0. The van der Waals surface area contributed by atoms with E-state index in [0.717, 1.165) is 5.01 Å².